The summed E-state index contributed by atoms with van der Waals surface area (Å²) >= 11 is 0. The summed E-state index contributed by atoms with van der Waals surface area (Å²) in [6.45, 7) is 7.49. The molecule has 0 radical (unpaired) electrons. The third-order valence-electron chi connectivity index (χ3n) is 3.98. The lowest BCUT2D eigenvalue weighted by Gasteiger charge is -2.19. The average Bonchev–Trinajstić information content (AvgIpc) is 3.00. The number of halogens is 3. The second kappa shape index (κ2) is 9.19. The Morgan fingerprint density at radius 1 is 1.13 bits per heavy atom. The van der Waals surface area contributed by atoms with Crippen LogP contribution in [0.2, 0.25) is 0 Å². The molecule has 2 aromatic rings. The zero-order chi connectivity index (χ0) is 22.5. The van der Waals surface area contributed by atoms with Gasteiger partial charge in [-0.25, -0.2) is 9.48 Å². The predicted octanol–water partition coefficient (Wildman–Crippen LogP) is 3.84. The van der Waals surface area contributed by atoms with E-state index < -0.39 is 29.3 Å². The number of amides is 2. The van der Waals surface area contributed by atoms with Gasteiger partial charge in [0.15, 0.2) is 0 Å². The van der Waals surface area contributed by atoms with E-state index in [2.05, 4.69) is 15.7 Å². The first-order valence-electron chi connectivity index (χ1n) is 9.36. The van der Waals surface area contributed by atoms with Crippen molar-refractivity contribution in [3.8, 4) is 5.69 Å². The fourth-order valence-electron chi connectivity index (χ4n) is 2.60. The van der Waals surface area contributed by atoms with E-state index >= 15 is 0 Å². The molecule has 2 N–H and O–H groups in total. The van der Waals surface area contributed by atoms with Crippen LogP contribution >= 0.6 is 0 Å². The van der Waals surface area contributed by atoms with Crippen molar-refractivity contribution in [3.63, 3.8) is 0 Å². The number of carbonyl (C=O) groups excluding carboxylic acids is 2. The van der Waals surface area contributed by atoms with Crippen LogP contribution in [0.25, 0.3) is 5.69 Å². The lowest BCUT2D eigenvalue weighted by molar-refractivity contribution is -0.137. The van der Waals surface area contributed by atoms with Crippen molar-refractivity contribution in [1.29, 1.82) is 0 Å². The minimum Gasteiger partial charge on any atom is -0.444 e. The van der Waals surface area contributed by atoms with E-state index in [1.54, 1.807) is 27.7 Å². The number of aromatic nitrogens is 2. The highest BCUT2D eigenvalue weighted by atomic mass is 19.4. The van der Waals surface area contributed by atoms with Crippen molar-refractivity contribution in [2.75, 3.05) is 13.1 Å². The molecule has 10 heteroatoms. The van der Waals surface area contributed by atoms with Crippen LogP contribution < -0.4 is 10.6 Å². The Kier molecular flexibility index (Phi) is 7.12. The summed E-state index contributed by atoms with van der Waals surface area (Å²) in [6.07, 6.45) is -3.22. The molecule has 0 unspecified atom stereocenters. The molecule has 0 saturated heterocycles. The van der Waals surface area contributed by atoms with Gasteiger partial charge in [-0.2, -0.15) is 18.3 Å². The number of alkyl halides is 3. The number of hydrogen-bond acceptors (Lipinski definition) is 4. The highest BCUT2D eigenvalue weighted by Crippen LogP contribution is 2.30. The molecule has 1 aromatic heterocycles. The number of carbonyl (C=O) groups is 2. The molecular weight excluding hydrogens is 401 g/mol. The van der Waals surface area contributed by atoms with Crippen LogP contribution in [0.15, 0.2) is 30.5 Å². The minimum absolute atomic E-state index is 0.211. The van der Waals surface area contributed by atoms with Crippen molar-refractivity contribution >= 4 is 12.0 Å². The molecule has 1 heterocycles. The standard InChI is InChI=1S/C20H25F3N4O3/c1-13-16(17(28)24-9-6-10-25-18(29)30-19(2,3)4)12-26-27(13)15-8-5-7-14(11-15)20(21,22)23/h5,7-8,11-12H,6,9-10H2,1-4H3,(H,24,28)(H,25,29). The molecule has 164 valence electrons. The zero-order valence-electron chi connectivity index (χ0n) is 17.3. The maximum Gasteiger partial charge on any atom is 0.416 e. The van der Waals surface area contributed by atoms with Crippen LogP contribution in [0.4, 0.5) is 18.0 Å². The summed E-state index contributed by atoms with van der Waals surface area (Å²) in [5, 5.41) is 9.33. The van der Waals surface area contributed by atoms with Gasteiger partial charge >= 0.3 is 12.3 Å². The van der Waals surface area contributed by atoms with Crippen molar-refractivity contribution in [1.82, 2.24) is 20.4 Å². The summed E-state index contributed by atoms with van der Waals surface area (Å²) in [5.74, 6) is -0.400. The van der Waals surface area contributed by atoms with Gasteiger partial charge < -0.3 is 15.4 Å². The summed E-state index contributed by atoms with van der Waals surface area (Å²) in [5.41, 5.74) is -0.497. The molecule has 0 fully saturated rings. The van der Waals surface area contributed by atoms with E-state index in [0.29, 0.717) is 25.2 Å². The summed E-state index contributed by atoms with van der Waals surface area (Å²) < 4.78 is 45.2. The predicted molar refractivity (Wildman–Crippen MR) is 104 cm³/mol. The molecule has 0 atom stereocenters. The number of alkyl carbamates (subject to hydrolysis) is 1. The smallest absolute Gasteiger partial charge is 0.416 e. The van der Waals surface area contributed by atoms with Gasteiger partial charge in [0.05, 0.1) is 28.7 Å². The first kappa shape index (κ1) is 23.2. The summed E-state index contributed by atoms with van der Waals surface area (Å²) in [6, 6.07) is 4.72. The van der Waals surface area contributed by atoms with Crippen LogP contribution in [0.3, 0.4) is 0 Å². The second-order valence-electron chi connectivity index (χ2n) is 7.64. The van der Waals surface area contributed by atoms with Crippen molar-refractivity contribution in [2.24, 2.45) is 0 Å². The Bertz CT molecular complexity index is 901. The quantitative estimate of drug-likeness (QED) is 0.688. The van der Waals surface area contributed by atoms with Gasteiger partial charge in [0, 0.05) is 13.1 Å². The van der Waals surface area contributed by atoms with E-state index in [0.717, 1.165) is 12.1 Å². The summed E-state index contributed by atoms with van der Waals surface area (Å²) in [4.78, 5) is 23.9. The molecule has 0 saturated carbocycles. The number of benzene rings is 1. The molecule has 0 aliphatic heterocycles. The average molecular weight is 426 g/mol. The molecule has 1 aromatic carbocycles. The molecule has 2 rings (SSSR count). The minimum atomic E-state index is -4.47. The largest absolute Gasteiger partial charge is 0.444 e. The van der Waals surface area contributed by atoms with Crippen molar-refractivity contribution in [3.05, 3.63) is 47.3 Å². The summed E-state index contributed by atoms with van der Waals surface area (Å²) in [7, 11) is 0. The SMILES string of the molecule is Cc1c(C(=O)NCCCNC(=O)OC(C)(C)C)cnn1-c1cccc(C(F)(F)F)c1. The molecule has 0 bridgehead atoms. The van der Waals surface area contributed by atoms with E-state index in [9.17, 15) is 22.8 Å². The van der Waals surface area contributed by atoms with Crippen molar-refractivity contribution in [2.45, 2.75) is 45.9 Å². The number of hydrogen-bond donors (Lipinski definition) is 2. The van der Waals surface area contributed by atoms with E-state index in [1.165, 1.54) is 23.0 Å². The highest BCUT2D eigenvalue weighted by molar-refractivity contribution is 5.95. The maximum absolute atomic E-state index is 12.9. The third-order valence-corrected chi connectivity index (χ3v) is 3.98. The van der Waals surface area contributed by atoms with Crippen LogP contribution in [0.5, 0.6) is 0 Å². The van der Waals surface area contributed by atoms with Crippen LogP contribution in [-0.4, -0.2) is 40.5 Å². The Morgan fingerprint density at radius 3 is 2.43 bits per heavy atom. The van der Waals surface area contributed by atoms with Gasteiger partial charge in [-0.05, 0) is 52.3 Å². The number of nitrogens with one attached hydrogen (secondary N) is 2. The number of ether oxygens (including phenoxy) is 1. The van der Waals surface area contributed by atoms with Crippen LogP contribution in [0, 0.1) is 6.92 Å². The first-order valence-corrected chi connectivity index (χ1v) is 9.36. The third kappa shape index (κ3) is 6.50. The van der Waals surface area contributed by atoms with E-state index in [4.69, 9.17) is 4.74 Å². The highest BCUT2D eigenvalue weighted by Gasteiger charge is 2.30. The zero-order valence-corrected chi connectivity index (χ0v) is 17.3. The van der Waals surface area contributed by atoms with E-state index in [-0.39, 0.29) is 11.3 Å². The molecular formula is C20H25F3N4O3. The van der Waals surface area contributed by atoms with Gasteiger partial charge in [-0.1, -0.05) is 6.07 Å². The van der Waals surface area contributed by atoms with Gasteiger partial charge in [-0.3, -0.25) is 4.79 Å². The normalized spacial score (nSPS) is 11.8. The Morgan fingerprint density at radius 2 is 1.80 bits per heavy atom. The second-order valence-corrected chi connectivity index (χ2v) is 7.64. The van der Waals surface area contributed by atoms with Gasteiger partial charge in [0.25, 0.3) is 5.91 Å². The number of nitrogens with zero attached hydrogens (tertiary/aromatic N) is 2. The molecule has 30 heavy (non-hydrogen) atoms. The maximum atomic E-state index is 12.9. The lowest BCUT2D eigenvalue weighted by atomic mass is 10.2. The Hall–Kier alpha value is -3.04. The Labute approximate surface area is 172 Å². The van der Waals surface area contributed by atoms with Gasteiger partial charge in [0.1, 0.15) is 5.60 Å². The molecule has 2 amide bonds. The molecule has 7 nitrogen and oxygen atoms in total. The molecule has 0 aliphatic rings. The topological polar surface area (TPSA) is 85.2 Å². The monoisotopic (exact) mass is 426 g/mol. The molecule has 0 spiro atoms. The Balaban J connectivity index is 1.92. The van der Waals surface area contributed by atoms with Crippen molar-refractivity contribution < 1.29 is 27.5 Å². The van der Waals surface area contributed by atoms with Crippen LogP contribution in [-0.2, 0) is 10.9 Å². The van der Waals surface area contributed by atoms with Gasteiger partial charge in [-0.15, -0.1) is 0 Å². The number of rotatable bonds is 6. The first-order chi connectivity index (χ1) is 13.9. The fourth-order valence-corrected chi connectivity index (χ4v) is 2.60. The van der Waals surface area contributed by atoms with Gasteiger partial charge in [0.2, 0.25) is 0 Å². The fraction of sp³-hybridized carbons (Fsp3) is 0.450. The lowest BCUT2D eigenvalue weighted by Crippen LogP contribution is -2.34. The molecule has 0 aliphatic carbocycles. The van der Waals surface area contributed by atoms with E-state index in [1.807, 2.05) is 0 Å². The van der Waals surface area contributed by atoms with Crippen LogP contribution in [0.1, 0.15) is 48.8 Å².